The summed E-state index contributed by atoms with van der Waals surface area (Å²) in [5.41, 5.74) is 2.15. The highest BCUT2D eigenvalue weighted by Gasteiger charge is 2.24. The largest absolute Gasteiger partial charge is 0.493 e. The number of ketones is 1. The summed E-state index contributed by atoms with van der Waals surface area (Å²) in [7, 11) is 2.78. The number of benzene rings is 2. The molecule has 0 saturated carbocycles. The van der Waals surface area contributed by atoms with E-state index in [1.807, 2.05) is 18.2 Å². The Labute approximate surface area is 163 Å². The molecule has 1 aliphatic rings. The van der Waals surface area contributed by atoms with Gasteiger partial charge in [0.15, 0.2) is 11.5 Å². The van der Waals surface area contributed by atoms with Gasteiger partial charge in [-0.05, 0) is 23.3 Å². The van der Waals surface area contributed by atoms with Crippen molar-refractivity contribution in [1.29, 1.82) is 0 Å². The van der Waals surface area contributed by atoms with E-state index in [2.05, 4.69) is 17.0 Å². The molecule has 0 radical (unpaired) electrons. The minimum atomic E-state index is -0.520. The van der Waals surface area contributed by atoms with Gasteiger partial charge in [0, 0.05) is 37.7 Å². The molecular formula is C21H22N2O5. The normalized spacial score (nSPS) is 16.2. The first-order valence-corrected chi connectivity index (χ1v) is 8.92. The molecule has 0 bridgehead atoms. The van der Waals surface area contributed by atoms with Crippen LogP contribution in [0.2, 0.25) is 0 Å². The second-order valence-corrected chi connectivity index (χ2v) is 6.57. The average Bonchev–Trinajstić information content (AvgIpc) is 2.70. The van der Waals surface area contributed by atoms with E-state index >= 15 is 0 Å². The number of piperidine rings is 1. The van der Waals surface area contributed by atoms with Crippen molar-refractivity contribution in [3.8, 4) is 11.5 Å². The quantitative estimate of drug-likeness (QED) is 0.432. The highest BCUT2D eigenvalue weighted by atomic mass is 16.6. The Morgan fingerprint density at radius 2 is 1.93 bits per heavy atom. The smallest absolute Gasteiger partial charge is 0.315 e. The number of hydrogen-bond donors (Lipinski definition) is 0. The lowest BCUT2D eigenvalue weighted by Crippen LogP contribution is -2.35. The van der Waals surface area contributed by atoms with Crippen LogP contribution in [-0.4, -0.2) is 42.9 Å². The van der Waals surface area contributed by atoms with Crippen molar-refractivity contribution in [3.05, 3.63) is 69.3 Å². The molecule has 0 aromatic heterocycles. The summed E-state index contributed by atoms with van der Waals surface area (Å²) in [4.78, 5) is 25.5. The Hall–Kier alpha value is -3.19. The van der Waals surface area contributed by atoms with E-state index in [9.17, 15) is 14.9 Å². The second kappa shape index (κ2) is 8.67. The van der Waals surface area contributed by atoms with Gasteiger partial charge in [-0.3, -0.25) is 19.8 Å². The topological polar surface area (TPSA) is 81.9 Å². The van der Waals surface area contributed by atoms with Crippen molar-refractivity contribution in [2.75, 3.05) is 27.3 Å². The van der Waals surface area contributed by atoms with Crippen LogP contribution in [0.4, 0.5) is 5.69 Å². The Bertz CT molecular complexity index is 909. The van der Waals surface area contributed by atoms with Crippen LogP contribution in [0.1, 0.15) is 17.5 Å². The minimum Gasteiger partial charge on any atom is -0.493 e. The maximum Gasteiger partial charge on any atom is 0.315 e. The Kier molecular flexibility index (Phi) is 6.06. The Morgan fingerprint density at radius 1 is 1.18 bits per heavy atom. The van der Waals surface area contributed by atoms with E-state index in [4.69, 9.17) is 9.47 Å². The molecule has 146 valence electrons. The lowest BCUT2D eigenvalue weighted by Gasteiger charge is -2.27. The summed E-state index contributed by atoms with van der Waals surface area (Å²) in [5, 5.41) is 11.4. The fourth-order valence-electron chi connectivity index (χ4n) is 3.32. The van der Waals surface area contributed by atoms with E-state index in [1.54, 1.807) is 12.1 Å². The van der Waals surface area contributed by atoms with Crippen molar-refractivity contribution >= 4 is 17.5 Å². The number of methoxy groups -OCH3 is 2. The van der Waals surface area contributed by atoms with Crippen LogP contribution >= 0.6 is 0 Å². The molecule has 7 heteroatoms. The number of Topliss-reactive ketones (excluding diaryl/α,β-unsaturated/α-hetero) is 1. The predicted molar refractivity (Wildman–Crippen MR) is 106 cm³/mol. The van der Waals surface area contributed by atoms with Crippen molar-refractivity contribution < 1.29 is 19.2 Å². The highest BCUT2D eigenvalue weighted by molar-refractivity contribution is 6.00. The average molecular weight is 382 g/mol. The molecule has 1 saturated heterocycles. The van der Waals surface area contributed by atoms with Crippen LogP contribution in [0.3, 0.4) is 0 Å². The first-order valence-electron chi connectivity index (χ1n) is 8.92. The molecule has 1 fully saturated rings. The van der Waals surface area contributed by atoms with Crippen LogP contribution in [0.5, 0.6) is 11.5 Å². The van der Waals surface area contributed by atoms with E-state index in [0.29, 0.717) is 30.6 Å². The zero-order chi connectivity index (χ0) is 20.1. The van der Waals surface area contributed by atoms with Gasteiger partial charge in [0.2, 0.25) is 5.75 Å². The zero-order valence-corrected chi connectivity index (χ0v) is 15.9. The number of nitro groups is 1. The number of hydrogen-bond acceptors (Lipinski definition) is 6. The molecule has 0 N–H and O–H groups in total. The lowest BCUT2D eigenvalue weighted by atomic mass is 9.99. The Balaban J connectivity index is 1.89. The molecule has 2 aromatic rings. The number of rotatable bonds is 6. The SMILES string of the molecule is COc1cc(/C=C2\CN(Cc3ccccc3)CCC2=O)cc([N+](=O)[O-])c1OC. The van der Waals surface area contributed by atoms with Gasteiger partial charge >= 0.3 is 5.69 Å². The van der Waals surface area contributed by atoms with Gasteiger partial charge in [-0.2, -0.15) is 0 Å². The van der Waals surface area contributed by atoms with Crippen LogP contribution < -0.4 is 9.47 Å². The highest BCUT2D eigenvalue weighted by Crippen LogP contribution is 2.38. The van der Waals surface area contributed by atoms with Gasteiger partial charge < -0.3 is 9.47 Å². The molecule has 0 aliphatic carbocycles. The van der Waals surface area contributed by atoms with Gasteiger partial charge in [-0.1, -0.05) is 30.3 Å². The third kappa shape index (κ3) is 4.37. The van der Waals surface area contributed by atoms with Crippen molar-refractivity contribution in [2.45, 2.75) is 13.0 Å². The molecule has 0 amide bonds. The van der Waals surface area contributed by atoms with Crippen LogP contribution in [0.15, 0.2) is 48.0 Å². The first-order chi connectivity index (χ1) is 13.5. The van der Waals surface area contributed by atoms with Gasteiger partial charge in [-0.25, -0.2) is 0 Å². The zero-order valence-electron chi connectivity index (χ0n) is 15.9. The number of nitro benzene ring substituents is 1. The number of ether oxygens (including phenoxy) is 2. The second-order valence-electron chi connectivity index (χ2n) is 6.57. The molecule has 1 heterocycles. The number of carbonyl (C=O) groups is 1. The number of nitrogens with zero attached hydrogens (tertiary/aromatic N) is 2. The first kappa shape index (κ1) is 19.6. The molecular weight excluding hydrogens is 360 g/mol. The minimum absolute atomic E-state index is 0.0572. The molecule has 3 rings (SSSR count). The van der Waals surface area contributed by atoms with Gasteiger partial charge in [0.25, 0.3) is 0 Å². The monoisotopic (exact) mass is 382 g/mol. The summed E-state index contributed by atoms with van der Waals surface area (Å²) in [5.74, 6) is 0.380. The maximum absolute atomic E-state index is 12.4. The van der Waals surface area contributed by atoms with Crippen LogP contribution in [0, 0.1) is 10.1 Å². The van der Waals surface area contributed by atoms with E-state index in [-0.39, 0.29) is 23.0 Å². The molecule has 28 heavy (non-hydrogen) atoms. The molecule has 0 atom stereocenters. The number of carbonyl (C=O) groups excluding carboxylic acids is 1. The molecule has 2 aromatic carbocycles. The standard InChI is InChI=1S/C21H22N2O5/c1-27-20-12-16(11-18(23(25)26)21(20)28-2)10-17-14-22(9-8-19(17)24)13-15-6-4-3-5-7-15/h3-7,10-12H,8-9,13-14H2,1-2H3/b17-10+. The summed E-state index contributed by atoms with van der Waals surface area (Å²) < 4.78 is 10.3. The summed E-state index contributed by atoms with van der Waals surface area (Å²) in [6.45, 7) is 1.94. The number of likely N-dealkylation sites (tertiary alicyclic amines) is 1. The molecule has 7 nitrogen and oxygen atoms in total. The third-order valence-corrected chi connectivity index (χ3v) is 4.68. The predicted octanol–water partition coefficient (Wildman–Crippen LogP) is 3.47. The van der Waals surface area contributed by atoms with Crippen LogP contribution in [-0.2, 0) is 11.3 Å². The Morgan fingerprint density at radius 3 is 2.57 bits per heavy atom. The summed E-state index contributed by atoms with van der Waals surface area (Å²) in [6, 6.07) is 13.1. The van der Waals surface area contributed by atoms with E-state index in [1.165, 1.54) is 25.8 Å². The summed E-state index contributed by atoms with van der Waals surface area (Å²) >= 11 is 0. The lowest BCUT2D eigenvalue weighted by molar-refractivity contribution is -0.385. The van der Waals surface area contributed by atoms with E-state index < -0.39 is 4.92 Å². The third-order valence-electron chi connectivity index (χ3n) is 4.68. The van der Waals surface area contributed by atoms with Gasteiger partial charge in [-0.15, -0.1) is 0 Å². The van der Waals surface area contributed by atoms with Crippen LogP contribution in [0.25, 0.3) is 6.08 Å². The molecule has 1 aliphatic heterocycles. The summed E-state index contributed by atoms with van der Waals surface area (Å²) in [6.07, 6.45) is 2.13. The fraction of sp³-hybridized carbons (Fsp3) is 0.286. The van der Waals surface area contributed by atoms with Crippen molar-refractivity contribution in [3.63, 3.8) is 0 Å². The van der Waals surface area contributed by atoms with Crippen molar-refractivity contribution in [1.82, 2.24) is 4.90 Å². The molecule has 0 unspecified atom stereocenters. The van der Waals surface area contributed by atoms with Gasteiger partial charge in [0.1, 0.15) is 0 Å². The van der Waals surface area contributed by atoms with Crippen molar-refractivity contribution in [2.24, 2.45) is 0 Å². The van der Waals surface area contributed by atoms with E-state index in [0.717, 1.165) is 6.54 Å². The maximum atomic E-state index is 12.4. The molecule has 0 spiro atoms. The fourth-order valence-corrected chi connectivity index (χ4v) is 3.32. The van der Waals surface area contributed by atoms with Gasteiger partial charge in [0.05, 0.1) is 19.1 Å².